The first-order valence-corrected chi connectivity index (χ1v) is 2.74. The van der Waals surface area contributed by atoms with Gasteiger partial charge in [0.15, 0.2) is 0 Å². The van der Waals surface area contributed by atoms with Gasteiger partial charge < -0.3 is 34.6 Å². The summed E-state index contributed by atoms with van der Waals surface area (Å²) in [5.74, 6) is 0. The van der Waals surface area contributed by atoms with Crippen molar-refractivity contribution in [2.75, 3.05) is 0 Å². The fourth-order valence-electron chi connectivity index (χ4n) is 0. The number of hydrogen-bond donors (Lipinski definition) is 0. The van der Waals surface area contributed by atoms with Crippen molar-refractivity contribution in [3.05, 3.63) is 15.3 Å². The predicted molar refractivity (Wildman–Crippen MR) is 18.0 cm³/mol. The Bertz CT molecular complexity index is 120. The van der Waals surface area contributed by atoms with Crippen LogP contribution in [0, 0.1) is 15.3 Å². The normalized spacial score (nSPS) is 6.38. The molecule has 0 amide bonds. The molecule has 8 nitrogen and oxygen atoms in total. The second-order valence-electron chi connectivity index (χ2n) is 0.671. The molecule has 0 spiro atoms. The molecule has 0 atom stereocenters. The van der Waals surface area contributed by atoms with E-state index in [9.17, 15) is 0 Å². The Hall–Kier alpha value is 3.31. The predicted octanol–water partition coefficient (Wildman–Crippen LogP) is -15.0. The number of rotatable bonds is 0. The van der Waals surface area contributed by atoms with E-state index in [0.29, 0.717) is 0 Å². The van der Waals surface area contributed by atoms with E-state index >= 15 is 0 Å². The van der Waals surface area contributed by atoms with Crippen molar-refractivity contribution in [2.45, 2.75) is 0 Å². The van der Waals surface area contributed by atoms with Crippen LogP contribution in [0.1, 0.15) is 0 Å². The molecule has 0 aromatic heterocycles. The Labute approximate surface area is 162 Å². The molecular formula is NNa4O7P. The third-order valence-corrected chi connectivity index (χ3v) is 0. The molecule has 0 radical (unpaired) electrons. The molecule has 13 heavy (non-hydrogen) atoms. The van der Waals surface area contributed by atoms with Crippen LogP contribution < -0.4 is 133 Å². The molecule has 0 aromatic carbocycles. The van der Waals surface area contributed by atoms with E-state index in [1.807, 2.05) is 0 Å². The molecule has 56 valence electrons. The number of nitrogens with zero attached hydrogens (tertiary/aromatic N) is 1. The average molecular weight is 249 g/mol. The summed E-state index contributed by atoms with van der Waals surface area (Å²) < 4.78 is 8.55. The molecule has 0 aromatic rings. The summed E-state index contributed by atoms with van der Waals surface area (Å²) in [5.41, 5.74) is 0. The minimum Gasteiger partial charge on any atom is -0.822 e. The van der Waals surface area contributed by atoms with Gasteiger partial charge in [-0.3, -0.25) is 0 Å². The van der Waals surface area contributed by atoms with Gasteiger partial charge in [-0.2, -0.15) is 7.82 Å². The molecule has 0 aliphatic rings. The van der Waals surface area contributed by atoms with Crippen LogP contribution in [-0.2, 0) is 4.57 Å². The van der Waals surface area contributed by atoms with Crippen LogP contribution in [0.5, 0.6) is 0 Å². The summed E-state index contributed by atoms with van der Waals surface area (Å²) in [7, 11) is -5.39. The largest absolute Gasteiger partial charge is 1.00 e. The average Bonchev–Trinajstić information content (AvgIpc) is 1.19. The van der Waals surface area contributed by atoms with Crippen molar-refractivity contribution in [1.29, 1.82) is 0 Å². The zero-order chi connectivity index (χ0) is 8.08. The SMILES string of the molecule is O=P([O-])([O-])[O-].O=[N+]([O-])[O-].[Na+].[Na+].[Na+].[Na+]. The zero-order valence-electron chi connectivity index (χ0n) is 7.75. The number of phosphoric acid groups is 1. The van der Waals surface area contributed by atoms with Gasteiger partial charge in [0, 0.05) is 0 Å². The maximum atomic E-state index is 8.55. The van der Waals surface area contributed by atoms with E-state index in [4.69, 9.17) is 34.6 Å². The summed E-state index contributed by atoms with van der Waals surface area (Å²) in [4.78, 5) is 33.9. The minimum atomic E-state index is -5.39. The molecule has 0 aliphatic heterocycles. The van der Waals surface area contributed by atoms with E-state index < -0.39 is 12.9 Å². The topological polar surface area (TPSA) is 152 Å². The monoisotopic (exact) mass is 249 g/mol. The van der Waals surface area contributed by atoms with Gasteiger partial charge in [-0.15, -0.1) is 0 Å². The van der Waals surface area contributed by atoms with Crippen molar-refractivity contribution in [3.8, 4) is 0 Å². The van der Waals surface area contributed by atoms with Gasteiger partial charge in [-0.1, -0.05) is 0 Å². The van der Waals surface area contributed by atoms with Crippen molar-refractivity contribution in [3.63, 3.8) is 0 Å². The first kappa shape index (κ1) is 36.0. The van der Waals surface area contributed by atoms with Crippen LogP contribution in [0.2, 0.25) is 0 Å². The summed E-state index contributed by atoms with van der Waals surface area (Å²) in [5, 5.41) is 14.8. The fourth-order valence-corrected chi connectivity index (χ4v) is 0. The van der Waals surface area contributed by atoms with Crippen LogP contribution in [0.25, 0.3) is 0 Å². The van der Waals surface area contributed by atoms with E-state index in [0.717, 1.165) is 0 Å². The van der Waals surface area contributed by atoms with E-state index in [-0.39, 0.29) is 118 Å². The second kappa shape index (κ2) is 20.7. The third kappa shape index (κ3) is 248. The van der Waals surface area contributed by atoms with Crippen LogP contribution in [-0.4, -0.2) is 5.09 Å². The molecule has 0 bridgehead atoms. The van der Waals surface area contributed by atoms with Gasteiger partial charge in [0.2, 0.25) is 0 Å². The van der Waals surface area contributed by atoms with Crippen LogP contribution in [0.4, 0.5) is 0 Å². The molecule has 0 rings (SSSR count). The van der Waals surface area contributed by atoms with Gasteiger partial charge in [0.05, 0.1) is 5.09 Å². The van der Waals surface area contributed by atoms with Crippen LogP contribution >= 0.6 is 7.82 Å². The molecule has 0 aliphatic carbocycles. The van der Waals surface area contributed by atoms with E-state index in [2.05, 4.69) is 0 Å². The molecule has 13 heteroatoms. The van der Waals surface area contributed by atoms with Crippen molar-refractivity contribution >= 4 is 7.82 Å². The molecular weight excluding hydrogens is 249 g/mol. The van der Waals surface area contributed by atoms with Crippen LogP contribution in [0.3, 0.4) is 0 Å². The third-order valence-electron chi connectivity index (χ3n) is 0. The van der Waals surface area contributed by atoms with Crippen LogP contribution in [0.15, 0.2) is 0 Å². The van der Waals surface area contributed by atoms with Gasteiger partial charge in [-0.05, 0) is 0 Å². The Morgan fingerprint density at radius 2 is 0.846 bits per heavy atom. The molecule has 0 fully saturated rings. The molecule has 0 N–H and O–H groups in total. The van der Waals surface area contributed by atoms with Crippen molar-refractivity contribution in [1.82, 2.24) is 0 Å². The fraction of sp³-hybridized carbons (Fsp3) is 0. The van der Waals surface area contributed by atoms with Crippen molar-refractivity contribution in [2.24, 2.45) is 0 Å². The summed E-state index contributed by atoms with van der Waals surface area (Å²) >= 11 is 0. The summed E-state index contributed by atoms with van der Waals surface area (Å²) in [6.45, 7) is 0. The Balaban J connectivity index is -0.0000000146. The van der Waals surface area contributed by atoms with E-state index in [1.165, 1.54) is 0 Å². The summed E-state index contributed by atoms with van der Waals surface area (Å²) in [6.07, 6.45) is 0. The molecule has 0 unspecified atom stereocenters. The first-order chi connectivity index (χ1) is 3.73. The molecule has 0 saturated heterocycles. The standard InChI is InChI=1S/NO3.4Na.H3O4P/c2-1(3)4;;;;;1-5(2,3)4/h;;;;;(H3,1,2,3,4)/q-1;4*+1;/p-3. The maximum Gasteiger partial charge on any atom is 1.00 e. The second-order valence-corrected chi connectivity index (χ2v) is 1.57. The molecule has 0 heterocycles. The Kier molecular flexibility index (Phi) is 57.2. The molecule has 0 saturated carbocycles. The van der Waals surface area contributed by atoms with Gasteiger partial charge in [-0.25, -0.2) is 0 Å². The first-order valence-electron chi connectivity index (χ1n) is 1.28. The summed E-state index contributed by atoms with van der Waals surface area (Å²) in [6, 6.07) is 0. The quantitative estimate of drug-likeness (QED) is 0.179. The zero-order valence-corrected chi connectivity index (χ0v) is 16.6. The van der Waals surface area contributed by atoms with Gasteiger partial charge in [0.25, 0.3) is 0 Å². The minimum absolute atomic E-state index is 0. The number of hydrogen-bond acceptors (Lipinski definition) is 7. The van der Waals surface area contributed by atoms with Gasteiger partial charge >= 0.3 is 118 Å². The van der Waals surface area contributed by atoms with E-state index in [1.54, 1.807) is 0 Å². The smallest absolute Gasteiger partial charge is 0.822 e. The van der Waals surface area contributed by atoms with Gasteiger partial charge in [0.1, 0.15) is 0 Å². The maximum absolute atomic E-state index is 8.55. The Morgan fingerprint density at radius 1 is 0.846 bits per heavy atom. The Morgan fingerprint density at radius 3 is 0.846 bits per heavy atom. The van der Waals surface area contributed by atoms with Crippen molar-refractivity contribution < 1.29 is 143 Å².